The Morgan fingerprint density at radius 2 is 2.17 bits per heavy atom. The van der Waals surface area contributed by atoms with Crippen molar-refractivity contribution in [2.75, 3.05) is 5.32 Å². The number of thiophene rings is 1. The maximum Gasteiger partial charge on any atom is 0.221 e. The minimum absolute atomic E-state index is 0.0155. The highest BCUT2D eigenvalue weighted by Crippen LogP contribution is 2.23. The molecule has 1 heterocycles. The molecule has 1 fully saturated rings. The molecular formula is C13H21N3OS. The zero-order chi connectivity index (χ0) is 13.0. The Balaban J connectivity index is 1.83. The van der Waals surface area contributed by atoms with Crippen molar-refractivity contribution < 1.29 is 4.79 Å². The lowest BCUT2D eigenvalue weighted by molar-refractivity contribution is -0.114. The van der Waals surface area contributed by atoms with Gasteiger partial charge in [-0.15, -0.1) is 11.3 Å². The normalized spacial score (nSPS) is 23.9. The summed E-state index contributed by atoms with van der Waals surface area (Å²) in [6.07, 6.45) is 4.53. The van der Waals surface area contributed by atoms with Crippen molar-refractivity contribution in [1.29, 1.82) is 0 Å². The molecule has 0 bridgehead atoms. The van der Waals surface area contributed by atoms with Gasteiger partial charge in [0.15, 0.2) is 0 Å². The average molecular weight is 267 g/mol. The van der Waals surface area contributed by atoms with Gasteiger partial charge >= 0.3 is 0 Å². The van der Waals surface area contributed by atoms with Crippen LogP contribution in [0.1, 0.15) is 37.5 Å². The molecule has 4 nitrogen and oxygen atoms in total. The van der Waals surface area contributed by atoms with E-state index in [4.69, 9.17) is 5.73 Å². The Labute approximate surface area is 112 Å². The van der Waals surface area contributed by atoms with E-state index >= 15 is 0 Å². The lowest BCUT2D eigenvalue weighted by Gasteiger charge is -2.26. The van der Waals surface area contributed by atoms with E-state index < -0.39 is 0 Å². The number of amides is 1. The Morgan fingerprint density at radius 3 is 2.83 bits per heavy atom. The number of carbonyl (C=O) groups is 1. The summed E-state index contributed by atoms with van der Waals surface area (Å²) in [6, 6.07) is 2.91. The molecule has 1 aromatic rings. The molecule has 100 valence electrons. The predicted octanol–water partition coefficient (Wildman–Crippen LogP) is 2.07. The summed E-state index contributed by atoms with van der Waals surface area (Å²) in [4.78, 5) is 12.3. The number of rotatable bonds is 4. The molecule has 4 N–H and O–H groups in total. The molecule has 2 rings (SSSR count). The second-order valence-electron chi connectivity index (χ2n) is 4.93. The first-order valence-corrected chi connectivity index (χ1v) is 7.36. The summed E-state index contributed by atoms with van der Waals surface area (Å²) in [5, 5.41) is 8.43. The fraction of sp³-hybridized carbons (Fsp3) is 0.615. The van der Waals surface area contributed by atoms with Crippen molar-refractivity contribution in [2.24, 2.45) is 5.73 Å². The number of anilines is 1. The Kier molecular flexibility index (Phi) is 4.74. The molecule has 0 spiro atoms. The van der Waals surface area contributed by atoms with Crippen molar-refractivity contribution in [3.63, 3.8) is 0 Å². The molecule has 5 heteroatoms. The van der Waals surface area contributed by atoms with Gasteiger partial charge < -0.3 is 16.4 Å². The van der Waals surface area contributed by atoms with Crippen LogP contribution in [-0.4, -0.2) is 18.0 Å². The SMILES string of the molecule is CC(=O)Nc1ccsc1CNC1CCC(N)CC1. The lowest BCUT2D eigenvalue weighted by Crippen LogP contribution is -2.37. The van der Waals surface area contributed by atoms with Gasteiger partial charge in [-0.1, -0.05) is 0 Å². The van der Waals surface area contributed by atoms with Crippen molar-refractivity contribution in [3.8, 4) is 0 Å². The summed E-state index contributed by atoms with van der Waals surface area (Å²) in [5.41, 5.74) is 6.83. The maximum atomic E-state index is 11.1. The van der Waals surface area contributed by atoms with E-state index in [0.29, 0.717) is 12.1 Å². The molecule has 0 atom stereocenters. The van der Waals surface area contributed by atoms with Gasteiger partial charge in [-0.3, -0.25) is 4.79 Å². The third-order valence-corrected chi connectivity index (χ3v) is 4.30. The average Bonchev–Trinajstić information content (AvgIpc) is 2.75. The van der Waals surface area contributed by atoms with Gasteiger partial charge in [-0.2, -0.15) is 0 Å². The third kappa shape index (κ3) is 3.80. The molecule has 1 saturated carbocycles. The van der Waals surface area contributed by atoms with Crippen LogP contribution in [0.15, 0.2) is 11.4 Å². The summed E-state index contributed by atoms with van der Waals surface area (Å²) >= 11 is 1.68. The zero-order valence-corrected chi connectivity index (χ0v) is 11.6. The lowest BCUT2D eigenvalue weighted by atomic mass is 9.92. The van der Waals surface area contributed by atoms with E-state index in [-0.39, 0.29) is 5.91 Å². The monoisotopic (exact) mass is 267 g/mol. The predicted molar refractivity (Wildman–Crippen MR) is 75.7 cm³/mol. The fourth-order valence-corrected chi connectivity index (χ4v) is 3.12. The molecule has 1 aliphatic rings. The topological polar surface area (TPSA) is 67.2 Å². The summed E-state index contributed by atoms with van der Waals surface area (Å²) in [6.45, 7) is 2.37. The number of hydrogen-bond acceptors (Lipinski definition) is 4. The second-order valence-corrected chi connectivity index (χ2v) is 5.93. The summed E-state index contributed by atoms with van der Waals surface area (Å²) in [5.74, 6) is -0.0155. The van der Waals surface area contributed by atoms with Crippen LogP contribution in [0.4, 0.5) is 5.69 Å². The van der Waals surface area contributed by atoms with Crippen molar-refractivity contribution in [1.82, 2.24) is 5.32 Å². The first kappa shape index (κ1) is 13.5. The molecule has 18 heavy (non-hydrogen) atoms. The Bertz CT molecular complexity index is 397. The number of hydrogen-bond donors (Lipinski definition) is 3. The zero-order valence-electron chi connectivity index (χ0n) is 10.7. The first-order valence-electron chi connectivity index (χ1n) is 6.48. The molecule has 0 unspecified atom stereocenters. The smallest absolute Gasteiger partial charge is 0.221 e. The van der Waals surface area contributed by atoms with Gasteiger partial charge in [0.1, 0.15) is 0 Å². The highest BCUT2D eigenvalue weighted by molar-refractivity contribution is 7.10. The van der Waals surface area contributed by atoms with Crippen LogP contribution in [-0.2, 0) is 11.3 Å². The standard InChI is InChI=1S/C13H21N3OS/c1-9(17)16-12-6-7-18-13(12)8-15-11-4-2-10(14)3-5-11/h6-7,10-11,15H,2-5,8,14H2,1H3,(H,16,17). The van der Waals surface area contributed by atoms with Gasteiger partial charge in [0, 0.05) is 30.4 Å². The number of nitrogens with one attached hydrogen (secondary N) is 2. The maximum absolute atomic E-state index is 11.1. The fourth-order valence-electron chi connectivity index (χ4n) is 2.34. The molecule has 1 amide bonds. The minimum atomic E-state index is -0.0155. The molecule has 0 aliphatic heterocycles. The molecule has 0 radical (unpaired) electrons. The van der Waals surface area contributed by atoms with Crippen LogP contribution < -0.4 is 16.4 Å². The van der Waals surface area contributed by atoms with Crippen molar-refractivity contribution in [2.45, 2.75) is 51.2 Å². The van der Waals surface area contributed by atoms with E-state index in [1.54, 1.807) is 11.3 Å². The van der Waals surface area contributed by atoms with E-state index in [0.717, 1.165) is 37.9 Å². The molecule has 0 aromatic carbocycles. The minimum Gasteiger partial charge on any atom is -0.328 e. The second kappa shape index (κ2) is 6.31. The van der Waals surface area contributed by atoms with Gasteiger partial charge in [0.2, 0.25) is 5.91 Å². The van der Waals surface area contributed by atoms with Gasteiger partial charge in [0.05, 0.1) is 5.69 Å². The van der Waals surface area contributed by atoms with Crippen LogP contribution in [0.2, 0.25) is 0 Å². The van der Waals surface area contributed by atoms with Crippen LogP contribution in [0.5, 0.6) is 0 Å². The molecule has 1 aliphatic carbocycles. The first-order chi connectivity index (χ1) is 8.65. The highest BCUT2D eigenvalue weighted by Gasteiger charge is 2.18. The van der Waals surface area contributed by atoms with Crippen LogP contribution in [0.25, 0.3) is 0 Å². The Morgan fingerprint density at radius 1 is 1.44 bits per heavy atom. The summed E-state index contributed by atoms with van der Waals surface area (Å²) in [7, 11) is 0. The molecular weight excluding hydrogens is 246 g/mol. The quantitative estimate of drug-likeness (QED) is 0.782. The van der Waals surface area contributed by atoms with E-state index in [2.05, 4.69) is 10.6 Å². The van der Waals surface area contributed by atoms with E-state index in [1.165, 1.54) is 11.8 Å². The van der Waals surface area contributed by atoms with Gasteiger partial charge in [-0.25, -0.2) is 0 Å². The van der Waals surface area contributed by atoms with Crippen LogP contribution in [0, 0.1) is 0 Å². The van der Waals surface area contributed by atoms with Crippen LogP contribution in [0.3, 0.4) is 0 Å². The largest absolute Gasteiger partial charge is 0.328 e. The van der Waals surface area contributed by atoms with Crippen LogP contribution >= 0.6 is 11.3 Å². The number of carbonyl (C=O) groups excluding carboxylic acids is 1. The number of nitrogens with two attached hydrogens (primary N) is 1. The van der Waals surface area contributed by atoms with E-state index in [9.17, 15) is 4.79 Å². The Hall–Kier alpha value is -0.910. The third-order valence-electron chi connectivity index (χ3n) is 3.38. The van der Waals surface area contributed by atoms with Gasteiger partial charge in [-0.05, 0) is 37.1 Å². The molecule has 0 saturated heterocycles. The van der Waals surface area contributed by atoms with Crippen molar-refractivity contribution >= 4 is 22.9 Å². The van der Waals surface area contributed by atoms with Crippen molar-refractivity contribution in [3.05, 3.63) is 16.3 Å². The molecule has 1 aromatic heterocycles. The highest BCUT2D eigenvalue weighted by atomic mass is 32.1. The summed E-state index contributed by atoms with van der Waals surface area (Å²) < 4.78 is 0. The van der Waals surface area contributed by atoms with E-state index in [1.807, 2.05) is 11.4 Å². The van der Waals surface area contributed by atoms with Gasteiger partial charge in [0.25, 0.3) is 0 Å².